The van der Waals surface area contributed by atoms with Gasteiger partial charge in [-0.2, -0.15) is 0 Å². The van der Waals surface area contributed by atoms with Crippen molar-refractivity contribution in [3.63, 3.8) is 0 Å². The minimum absolute atomic E-state index is 0.127. The Morgan fingerprint density at radius 1 is 1.15 bits per heavy atom. The topological polar surface area (TPSA) is 35.5 Å². The molecule has 1 heterocycles. The molecule has 0 saturated heterocycles. The van der Waals surface area contributed by atoms with Crippen molar-refractivity contribution in [2.45, 2.75) is 0 Å². The fraction of sp³-hybridized carbons (Fsp3) is 0.0625. The molecule has 4 heteroatoms. The number of methoxy groups -OCH3 is 1. The Morgan fingerprint density at radius 2 is 1.90 bits per heavy atom. The van der Waals surface area contributed by atoms with Crippen LogP contribution in [0.15, 0.2) is 48.2 Å². The fourth-order valence-corrected chi connectivity index (χ4v) is 2.13. The summed E-state index contributed by atoms with van der Waals surface area (Å²) in [5.74, 6) is 1.35. The lowest BCUT2D eigenvalue weighted by Gasteiger charge is -2.01. The van der Waals surface area contributed by atoms with Crippen LogP contribution in [-0.2, 0) is 0 Å². The molecule has 2 aromatic rings. The Balaban J connectivity index is 1.94. The van der Waals surface area contributed by atoms with Crippen LogP contribution < -0.4 is 9.47 Å². The second-order valence-corrected chi connectivity index (χ2v) is 4.79. The summed E-state index contributed by atoms with van der Waals surface area (Å²) in [4.78, 5) is 12.2. The highest BCUT2D eigenvalue weighted by molar-refractivity contribution is 6.30. The Labute approximate surface area is 121 Å². The van der Waals surface area contributed by atoms with Gasteiger partial charge in [0.15, 0.2) is 5.76 Å². The minimum atomic E-state index is -0.127. The summed E-state index contributed by atoms with van der Waals surface area (Å²) in [5, 5.41) is 0.652. The fourth-order valence-electron chi connectivity index (χ4n) is 2.00. The molecule has 0 N–H and O–H groups in total. The van der Waals surface area contributed by atoms with Crippen LogP contribution in [0.3, 0.4) is 0 Å². The number of ether oxygens (including phenoxy) is 2. The third-order valence-corrected chi connectivity index (χ3v) is 3.30. The third kappa shape index (κ3) is 2.28. The predicted molar refractivity (Wildman–Crippen MR) is 77.4 cm³/mol. The zero-order chi connectivity index (χ0) is 14.1. The number of ketones is 1. The number of carbonyl (C=O) groups excluding carboxylic acids is 1. The Morgan fingerprint density at radius 3 is 2.60 bits per heavy atom. The zero-order valence-corrected chi connectivity index (χ0v) is 11.5. The molecule has 0 unspecified atom stereocenters. The summed E-state index contributed by atoms with van der Waals surface area (Å²) >= 11 is 5.83. The van der Waals surface area contributed by atoms with Gasteiger partial charge in [0.05, 0.1) is 12.7 Å². The molecule has 3 nitrogen and oxygen atoms in total. The van der Waals surface area contributed by atoms with E-state index in [9.17, 15) is 4.79 Å². The van der Waals surface area contributed by atoms with Gasteiger partial charge in [-0.05, 0) is 35.9 Å². The smallest absolute Gasteiger partial charge is 0.231 e. The first-order chi connectivity index (χ1) is 9.67. The van der Waals surface area contributed by atoms with Crippen molar-refractivity contribution in [2.24, 2.45) is 0 Å². The van der Waals surface area contributed by atoms with Crippen LogP contribution in [0.2, 0.25) is 5.02 Å². The summed E-state index contributed by atoms with van der Waals surface area (Å²) in [7, 11) is 1.57. The van der Waals surface area contributed by atoms with E-state index in [-0.39, 0.29) is 5.78 Å². The molecule has 1 aliphatic heterocycles. The van der Waals surface area contributed by atoms with Gasteiger partial charge >= 0.3 is 0 Å². The normalized spacial score (nSPS) is 15.1. The Kier molecular flexibility index (Phi) is 3.20. The molecular formula is C16H11ClO3. The van der Waals surface area contributed by atoms with Crippen molar-refractivity contribution in [2.75, 3.05) is 7.11 Å². The Bertz CT molecular complexity index is 702. The molecule has 20 heavy (non-hydrogen) atoms. The van der Waals surface area contributed by atoms with Crippen molar-refractivity contribution in [1.29, 1.82) is 0 Å². The molecule has 0 spiro atoms. The quantitative estimate of drug-likeness (QED) is 0.784. The molecule has 100 valence electrons. The first-order valence-corrected chi connectivity index (χ1v) is 6.43. The number of hydrogen-bond donors (Lipinski definition) is 0. The molecule has 0 aliphatic carbocycles. The zero-order valence-electron chi connectivity index (χ0n) is 10.7. The van der Waals surface area contributed by atoms with Gasteiger partial charge < -0.3 is 9.47 Å². The van der Waals surface area contributed by atoms with E-state index < -0.39 is 0 Å². The molecule has 2 aromatic carbocycles. The highest BCUT2D eigenvalue weighted by Crippen LogP contribution is 2.34. The average molecular weight is 287 g/mol. The SMILES string of the molecule is COc1ccc2c(c1)O/C(=C/c1ccc(Cl)cc1)C2=O. The molecule has 3 rings (SSSR count). The summed E-state index contributed by atoms with van der Waals surface area (Å²) in [6.07, 6.45) is 1.70. The van der Waals surface area contributed by atoms with Crippen LogP contribution in [0.4, 0.5) is 0 Å². The molecule has 0 radical (unpaired) electrons. The number of carbonyl (C=O) groups is 1. The highest BCUT2D eigenvalue weighted by atomic mass is 35.5. The standard InChI is InChI=1S/C16H11ClO3/c1-19-12-6-7-13-14(9-12)20-15(16(13)18)8-10-2-4-11(17)5-3-10/h2-9H,1H3/b15-8+. The lowest BCUT2D eigenvalue weighted by atomic mass is 10.1. The predicted octanol–water partition coefficient (Wildman–Crippen LogP) is 3.96. The second kappa shape index (κ2) is 5.02. The molecule has 0 aromatic heterocycles. The van der Waals surface area contributed by atoms with Crippen LogP contribution >= 0.6 is 11.6 Å². The number of Topliss-reactive ketones (excluding diaryl/α,β-unsaturated/α-hetero) is 1. The van der Waals surface area contributed by atoms with E-state index in [2.05, 4.69) is 0 Å². The van der Waals surface area contributed by atoms with Gasteiger partial charge in [0, 0.05) is 11.1 Å². The van der Waals surface area contributed by atoms with Gasteiger partial charge in [-0.1, -0.05) is 23.7 Å². The minimum Gasteiger partial charge on any atom is -0.497 e. The summed E-state index contributed by atoms with van der Waals surface area (Å²) < 4.78 is 10.7. The number of allylic oxidation sites excluding steroid dienone is 1. The molecule has 1 aliphatic rings. The lowest BCUT2D eigenvalue weighted by molar-refractivity contribution is 0.101. The largest absolute Gasteiger partial charge is 0.497 e. The first-order valence-electron chi connectivity index (χ1n) is 6.05. The van der Waals surface area contributed by atoms with Crippen LogP contribution in [0.1, 0.15) is 15.9 Å². The van der Waals surface area contributed by atoms with Crippen LogP contribution in [0.5, 0.6) is 11.5 Å². The number of rotatable bonds is 2. The van der Waals surface area contributed by atoms with Gasteiger partial charge in [-0.25, -0.2) is 0 Å². The maximum atomic E-state index is 12.2. The van der Waals surface area contributed by atoms with Crippen molar-refractivity contribution in [3.05, 3.63) is 64.4 Å². The highest BCUT2D eigenvalue weighted by Gasteiger charge is 2.27. The Hall–Kier alpha value is -2.26. The monoisotopic (exact) mass is 286 g/mol. The number of benzene rings is 2. The summed E-state index contributed by atoms with van der Waals surface area (Å²) in [5.41, 5.74) is 1.41. The molecule has 0 fully saturated rings. The van der Waals surface area contributed by atoms with Crippen LogP contribution in [0.25, 0.3) is 6.08 Å². The lowest BCUT2D eigenvalue weighted by Crippen LogP contribution is -1.97. The number of halogens is 1. The average Bonchev–Trinajstić information content (AvgIpc) is 2.77. The van der Waals surface area contributed by atoms with E-state index in [4.69, 9.17) is 21.1 Å². The van der Waals surface area contributed by atoms with E-state index in [1.165, 1.54) is 0 Å². The van der Waals surface area contributed by atoms with E-state index in [0.29, 0.717) is 27.8 Å². The molecule has 0 bridgehead atoms. The van der Waals surface area contributed by atoms with Crippen molar-refractivity contribution in [3.8, 4) is 11.5 Å². The van der Waals surface area contributed by atoms with Gasteiger partial charge in [-0.3, -0.25) is 4.79 Å². The van der Waals surface area contributed by atoms with E-state index in [1.54, 1.807) is 43.5 Å². The molecular weight excluding hydrogens is 276 g/mol. The van der Waals surface area contributed by atoms with Gasteiger partial charge in [0.1, 0.15) is 11.5 Å². The molecule has 0 amide bonds. The van der Waals surface area contributed by atoms with Crippen LogP contribution in [-0.4, -0.2) is 12.9 Å². The second-order valence-electron chi connectivity index (χ2n) is 4.35. The van der Waals surface area contributed by atoms with Crippen molar-refractivity contribution in [1.82, 2.24) is 0 Å². The van der Waals surface area contributed by atoms with Gasteiger partial charge in [0.25, 0.3) is 0 Å². The molecule has 0 saturated carbocycles. The number of hydrogen-bond acceptors (Lipinski definition) is 3. The maximum Gasteiger partial charge on any atom is 0.231 e. The maximum absolute atomic E-state index is 12.2. The first kappa shape index (κ1) is 12.8. The van der Waals surface area contributed by atoms with Crippen molar-refractivity contribution >= 4 is 23.5 Å². The molecule has 0 atom stereocenters. The van der Waals surface area contributed by atoms with E-state index in [0.717, 1.165) is 5.56 Å². The summed E-state index contributed by atoms with van der Waals surface area (Å²) in [6.45, 7) is 0. The van der Waals surface area contributed by atoms with E-state index in [1.807, 2.05) is 12.1 Å². The van der Waals surface area contributed by atoms with Crippen LogP contribution in [0, 0.1) is 0 Å². The van der Waals surface area contributed by atoms with E-state index >= 15 is 0 Å². The summed E-state index contributed by atoms with van der Waals surface area (Å²) in [6, 6.07) is 12.3. The third-order valence-electron chi connectivity index (χ3n) is 3.04. The number of fused-ring (bicyclic) bond motifs is 1. The van der Waals surface area contributed by atoms with Gasteiger partial charge in [-0.15, -0.1) is 0 Å². The van der Waals surface area contributed by atoms with Crippen molar-refractivity contribution < 1.29 is 14.3 Å². The van der Waals surface area contributed by atoms with Gasteiger partial charge in [0.2, 0.25) is 5.78 Å².